The van der Waals surface area contributed by atoms with E-state index in [0.717, 1.165) is 5.75 Å². The SMILES string of the molecule is CNC(CCC(=O)OC)C(=O)c1ccc(OC(C)C)cc1. The summed E-state index contributed by atoms with van der Waals surface area (Å²) >= 11 is 0. The molecule has 0 fully saturated rings. The molecule has 116 valence electrons. The van der Waals surface area contributed by atoms with Gasteiger partial charge in [0.25, 0.3) is 0 Å². The predicted molar refractivity (Wildman–Crippen MR) is 80.6 cm³/mol. The van der Waals surface area contributed by atoms with Crippen molar-refractivity contribution in [2.75, 3.05) is 14.2 Å². The number of methoxy groups -OCH3 is 1. The Balaban J connectivity index is 2.69. The first-order valence-electron chi connectivity index (χ1n) is 7.03. The van der Waals surface area contributed by atoms with Gasteiger partial charge in [0.05, 0.1) is 19.3 Å². The number of carbonyl (C=O) groups is 2. The molecule has 0 radical (unpaired) electrons. The molecule has 0 aliphatic rings. The van der Waals surface area contributed by atoms with Crippen LogP contribution in [0.1, 0.15) is 37.0 Å². The summed E-state index contributed by atoms with van der Waals surface area (Å²) in [5.41, 5.74) is 0.593. The third-order valence-corrected chi connectivity index (χ3v) is 3.04. The summed E-state index contributed by atoms with van der Waals surface area (Å²) in [6.45, 7) is 3.89. The molecule has 1 atom stereocenters. The second-order valence-corrected chi connectivity index (χ2v) is 5.01. The van der Waals surface area contributed by atoms with Gasteiger partial charge in [-0.1, -0.05) is 0 Å². The maximum absolute atomic E-state index is 12.4. The molecule has 0 saturated heterocycles. The van der Waals surface area contributed by atoms with E-state index in [-0.39, 0.29) is 24.3 Å². The monoisotopic (exact) mass is 293 g/mol. The van der Waals surface area contributed by atoms with Crippen molar-refractivity contribution in [2.45, 2.75) is 38.8 Å². The zero-order chi connectivity index (χ0) is 15.8. The minimum Gasteiger partial charge on any atom is -0.491 e. The number of hydrogen-bond donors (Lipinski definition) is 1. The number of likely N-dealkylation sites (N-methyl/N-ethyl adjacent to an activating group) is 1. The first-order chi connectivity index (χ1) is 9.97. The average Bonchev–Trinajstić information content (AvgIpc) is 2.47. The standard InChI is InChI=1S/C16H23NO4/c1-11(2)21-13-7-5-12(6-8-13)16(19)14(17-3)9-10-15(18)20-4/h5-8,11,14,17H,9-10H2,1-4H3. The second-order valence-electron chi connectivity index (χ2n) is 5.01. The Labute approximate surface area is 125 Å². The van der Waals surface area contributed by atoms with E-state index in [1.807, 2.05) is 13.8 Å². The molecule has 0 heterocycles. The minimum atomic E-state index is -0.402. The number of benzene rings is 1. The topological polar surface area (TPSA) is 64.6 Å². The molecule has 5 heteroatoms. The van der Waals surface area contributed by atoms with Crippen molar-refractivity contribution >= 4 is 11.8 Å². The zero-order valence-corrected chi connectivity index (χ0v) is 13.0. The molecule has 1 N–H and O–H groups in total. The van der Waals surface area contributed by atoms with Crippen molar-refractivity contribution in [3.8, 4) is 5.75 Å². The van der Waals surface area contributed by atoms with Gasteiger partial charge in [-0.3, -0.25) is 9.59 Å². The Bertz CT molecular complexity index is 468. The lowest BCUT2D eigenvalue weighted by Crippen LogP contribution is -2.34. The first kappa shape index (κ1) is 17.2. The number of ether oxygens (including phenoxy) is 2. The van der Waals surface area contributed by atoms with Crippen molar-refractivity contribution in [2.24, 2.45) is 0 Å². The Morgan fingerprint density at radius 2 is 1.81 bits per heavy atom. The molecular formula is C16H23NO4. The van der Waals surface area contributed by atoms with E-state index >= 15 is 0 Å². The van der Waals surface area contributed by atoms with Gasteiger partial charge >= 0.3 is 5.97 Å². The fourth-order valence-electron chi connectivity index (χ4n) is 1.94. The smallest absolute Gasteiger partial charge is 0.305 e. The van der Waals surface area contributed by atoms with Gasteiger partial charge < -0.3 is 14.8 Å². The van der Waals surface area contributed by atoms with Crippen LogP contribution in [0.3, 0.4) is 0 Å². The molecule has 0 saturated carbocycles. The molecule has 1 rings (SSSR count). The number of ketones is 1. The molecule has 1 unspecified atom stereocenters. The van der Waals surface area contributed by atoms with Gasteiger partial charge in [-0.25, -0.2) is 0 Å². The maximum atomic E-state index is 12.4. The van der Waals surface area contributed by atoms with E-state index in [2.05, 4.69) is 10.1 Å². The highest BCUT2D eigenvalue weighted by atomic mass is 16.5. The summed E-state index contributed by atoms with van der Waals surface area (Å²) in [4.78, 5) is 23.5. The van der Waals surface area contributed by atoms with Crippen LogP contribution < -0.4 is 10.1 Å². The summed E-state index contributed by atoms with van der Waals surface area (Å²) in [5, 5.41) is 2.94. The Morgan fingerprint density at radius 3 is 2.29 bits per heavy atom. The molecule has 0 aromatic heterocycles. The van der Waals surface area contributed by atoms with Crippen LogP contribution in [0.2, 0.25) is 0 Å². The summed E-state index contributed by atoms with van der Waals surface area (Å²) < 4.78 is 10.1. The molecule has 21 heavy (non-hydrogen) atoms. The van der Waals surface area contributed by atoms with E-state index in [4.69, 9.17) is 4.74 Å². The molecule has 0 aliphatic heterocycles. The highest BCUT2D eigenvalue weighted by molar-refractivity contribution is 6.00. The van der Waals surface area contributed by atoms with Crippen molar-refractivity contribution in [1.29, 1.82) is 0 Å². The quantitative estimate of drug-likeness (QED) is 0.588. The van der Waals surface area contributed by atoms with E-state index in [0.29, 0.717) is 12.0 Å². The molecule has 0 bridgehead atoms. The molecule has 0 aliphatic carbocycles. The lowest BCUT2D eigenvalue weighted by molar-refractivity contribution is -0.140. The fraction of sp³-hybridized carbons (Fsp3) is 0.500. The third-order valence-electron chi connectivity index (χ3n) is 3.04. The molecule has 1 aromatic carbocycles. The number of nitrogens with one attached hydrogen (secondary N) is 1. The molecule has 1 aromatic rings. The minimum absolute atomic E-state index is 0.0440. The Morgan fingerprint density at radius 1 is 1.19 bits per heavy atom. The lowest BCUT2D eigenvalue weighted by atomic mass is 10.0. The van der Waals surface area contributed by atoms with Gasteiger partial charge in [0, 0.05) is 12.0 Å². The van der Waals surface area contributed by atoms with Gasteiger partial charge in [0.15, 0.2) is 5.78 Å². The van der Waals surface area contributed by atoms with Crippen LogP contribution >= 0.6 is 0 Å². The number of Topliss-reactive ketones (excluding diaryl/α,β-unsaturated/α-hetero) is 1. The zero-order valence-electron chi connectivity index (χ0n) is 13.0. The van der Waals surface area contributed by atoms with Crippen LogP contribution in [-0.2, 0) is 9.53 Å². The van der Waals surface area contributed by atoms with Gasteiger partial charge in [-0.2, -0.15) is 0 Å². The highest BCUT2D eigenvalue weighted by Crippen LogP contribution is 2.16. The lowest BCUT2D eigenvalue weighted by Gasteiger charge is -2.15. The highest BCUT2D eigenvalue weighted by Gasteiger charge is 2.19. The number of carbonyl (C=O) groups excluding carboxylic acids is 2. The van der Waals surface area contributed by atoms with E-state index < -0.39 is 6.04 Å². The van der Waals surface area contributed by atoms with E-state index in [9.17, 15) is 9.59 Å². The van der Waals surface area contributed by atoms with Gasteiger partial charge in [0.2, 0.25) is 0 Å². The number of hydrogen-bond acceptors (Lipinski definition) is 5. The normalized spacial score (nSPS) is 12.0. The molecular weight excluding hydrogens is 270 g/mol. The Kier molecular flexibility index (Phi) is 6.88. The maximum Gasteiger partial charge on any atom is 0.305 e. The Hall–Kier alpha value is -1.88. The van der Waals surface area contributed by atoms with E-state index in [1.54, 1.807) is 31.3 Å². The van der Waals surface area contributed by atoms with Crippen molar-refractivity contribution in [3.63, 3.8) is 0 Å². The van der Waals surface area contributed by atoms with Crippen LogP contribution in [0.15, 0.2) is 24.3 Å². The van der Waals surface area contributed by atoms with Gasteiger partial charge in [-0.05, 0) is 51.6 Å². The largest absolute Gasteiger partial charge is 0.491 e. The van der Waals surface area contributed by atoms with E-state index in [1.165, 1.54) is 7.11 Å². The van der Waals surface area contributed by atoms with Crippen molar-refractivity contribution < 1.29 is 19.1 Å². The van der Waals surface area contributed by atoms with Crippen molar-refractivity contribution in [1.82, 2.24) is 5.32 Å². The van der Waals surface area contributed by atoms with Crippen LogP contribution in [0, 0.1) is 0 Å². The van der Waals surface area contributed by atoms with Crippen molar-refractivity contribution in [3.05, 3.63) is 29.8 Å². The summed E-state index contributed by atoms with van der Waals surface area (Å²) in [6, 6.07) is 6.63. The van der Waals surface area contributed by atoms with Gasteiger partial charge in [0.1, 0.15) is 5.75 Å². The summed E-state index contributed by atoms with van der Waals surface area (Å²) in [5.74, 6) is 0.373. The second kappa shape index (κ2) is 8.42. The van der Waals surface area contributed by atoms with Gasteiger partial charge in [-0.15, -0.1) is 0 Å². The number of rotatable bonds is 8. The van der Waals surface area contributed by atoms with Crippen LogP contribution in [0.4, 0.5) is 0 Å². The first-order valence-corrected chi connectivity index (χ1v) is 7.03. The van der Waals surface area contributed by atoms with Crippen LogP contribution in [0.25, 0.3) is 0 Å². The fourth-order valence-corrected chi connectivity index (χ4v) is 1.94. The van der Waals surface area contributed by atoms with Crippen LogP contribution in [0.5, 0.6) is 5.75 Å². The average molecular weight is 293 g/mol. The molecule has 0 amide bonds. The molecule has 5 nitrogen and oxygen atoms in total. The number of esters is 1. The van der Waals surface area contributed by atoms with Crippen LogP contribution in [-0.4, -0.2) is 38.1 Å². The summed E-state index contributed by atoms with van der Waals surface area (Å²) in [6.07, 6.45) is 0.714. The third kappa shape index (κ3) is 5.55. The molecule has 0 spiro atoms. The summed E-state index contributed by atoms with van der Waals surface area (Å²) in [7, 11) is 3.04. The predicted octanol–water partition coefficient (Wildman–Crippen LogP) is 2.20.